The van der Waals surface area contributed by atoms with Crippen LogP contribution in [0, 0.1) is 5.92 Å². The summed E-state index contributed by atoms with van der Waals surface area (Å²) in [7, 11) is 3.56. The van der Waals surface area contributed by atoms with Crippen molar-refractivity contribution in [2.24, 2.45) is 11.7 Å². The second-order valence-electron chi connectivity index (χ2n) is 7.32. The van der Waals surface area contributed by atoms with E-state index in [1.165, 1.54) is 5.57 Å². The number of phenols is 1. The Kier molecular flexibility index (Phi) is 6.11. The zero-order chi connectivity index (χ0) is 18.6. The molecule has 5 heteroatoms. The first-order valence-electron chi connectivity index (χ1n) is 9.02. The molecule has 0 radical (unpaired) electrons. The first-order valence-corrected chi connectivity index (χ1v) is 9.02. The van der Waals surface area contributed by atoms with Gasteiger partial charge in [0, 0.05) is 20.6 Å². The maximum Gasteiger partial charge on any atom is 0.320 e. The van der Waals surface area contributed by atoms with E-state index in [2.05, 4.69) is 19.9 Å². The number of hydrogen-bond acceptors (Lipinski definition) is 3. The van der Waals surface area contributed by atoms with E-state index < -0.39 is 5.54 Å². The number of phenolic OH excluding ortho intramolecular Hbond substituents is 1. The van der Waals surface area contributed by atoms with Crippen LogP contribution in [-0.2, 0) is 5.54 Å². The zero-order valence-corrected chi connectivity index (χ0v) is 15.8. The number of carbonyl (C=O) groups is 1. The number of carbonyl (C=O) groups excluding carboxylic acids is 1. The van der Waals surface area contributed by atoms with Crippen LogP contribution in [0.2, 0.25) is 0 Å². The van der Waals surface area contributed by atoms with Gasteiger partial charge in [0.05, 0.1) is 5.54 Å². The third-order valence-corrected chi connectivity index (χ3v) is 4.99. The van der Waals surface area contributed by atoms with Crippen molar-refractivity contribution < 1.29 is 9.90 Å². The Bertz CT molecular complexity index is 640. The lowest BCUT2D eigenvalue weighted by Gasteiger charge is -2.47. The minimum absolute atomic E-state index is 0.0144. The van der Waals surface area contributed by atoms with Gasteiger partial charge >= 0.3 is 6.03 Å². The Morgan fingerprint density at radius 2 is 2.12 bits per heavy atom. The van der Waals surface area contributed by atoms with Crippen molar-refractivity contribution in [3.8, 4) is 5.75 Å². The standard InChI is InChI=1S/C20H31N3O2/c1-15(2)16-9-12-23(19(25)22(3)4)20(14-16,10-6-11-21)17-7-5-8-18(24)13-17/h5,7-8,13-15,24H,6,9-12,21H2,1-4H3. The molecule has 0 fully saturated rings. The summed E-state index contributed by atoms with van der Waals surface area (Å²) < 4.78 is 0. The van der Waals surface area contributed by atoms with E-state index in [0.717, 1.165) is 24.8 Å². The molecule has 138 valence electrons. The summed E-state index contributed by atoms with van der Waals surface area (Å²) in [6.07, 6.45) is 4.66. The predicted octanol–water partition coefficient (Wildman–Crippen LogP) is 3.30. The van der Waals surface area contributed by atoms with Gasteiger partial charge in [-0.3, -0.25) is 0 Å². The molecule has 2 amide bonds. The molecule has 3 N–H and O–H groups in total. The summed E-state index contributed by atoms with van der Waals surface area (Å²) in [4.78, 5) is 16.5. The number of amides is 2. The number of benzene rings is 1. The molecule has 0 saturated heterocycles. The van der Waals surface area contributed by atoms with E-state index in [9.17, 15) is 9.90 Å². The number of rotatable bonds is 5. The second kappa shape index (κ2) is 7.91. The topological polar surface area (TPSA) is 69.8 Å². The Morgan fingerprint density at radius 1 is 1.40 bits per heavy atom. The van der Waals surface area contributed by atoms with Crippen LogP contribution in [0.5, 0.6) is 5.75 Å². The summed E-state index contributed by atoms with van der Waals surface area (Å²) in [5.74, 6) is 0.637. The average Bonchev–Trinajstić information content (AvgIpc) is 2.58. The molecule has 0 bridgehead atoms. The molecular formula is C20H31N3O2. The molecule has 0 saturated carbocycles. The Labute approximate surface area is 151 Å². The molecule has 1 heterocycles. The highest BCUT2D eigenvalue weighted by Gasteiger charge is 2.42. The van der Waals surface area contributed by atoms with Crippen molar-refractivity contribution in [1.29, 1.82) is 0 Å². The molecule has 5 nitrogen and oxygen atoms in total. The quantitative estimate of drug-likeness (QED) is 0.805. The van der Waals surface area contributed by atoms with Gasteiger partial charge in [0.25, 0.3) is 0 Å². The van der Waals surface area contributed by atoms with Crippen molar-refractivity contribution in [1.82, 2.24) is 9.80 Å². The Morgan fingerprint density at radius 3 is 2.68 bits per heavy atom. The maximum atomic E-state index is 12.9. The lowest BCUT2D eigenvalue weighted by molar-refractivity contribution is 0.104. The fourth-order valence-corrected chi connectivity index (χ4v) is 3.60. The number of hydrogen-bond donors (Lipinski definition) is 2. The van der Waals surface area contributed by atoms with Crippen LogP contribution in [-0.4, -0.2) is 48.1 Å². The van der Waals surface area contributed by atoms with Gasteiger partial charge in [0.1, 0.15) is 5.75 Å². The lowest BCUT2D eigenvalue weighted by atomic mass is 9.77. The van der Waals surface area contributed by atoms with Crippen LogP contribution in [0.4, 0.5) is 4.79 Å². The van der Waals surface area contributed by atoms with Crippen molar-refractivity contribution in [3.63, 3.8) is 0 Å². The molecule has 1 atom stereocenters. The van der Waals surface area contributed by atoms with Crippen LogP contribution < -0.4 is 5.73 Å². The van der Waals surface area contributed by atoms with Crippen LogP contribution in [0.25, 0.3) is 0 Å². The summed E-state index contributed by atoms with van der Waals surface area (Å²) in [5, 5.41) is 10.0. The Balaban J connectivity index is 2.65. The summed E-state index contributed by atoms with van der Waals surface area (Å²) in [6, 6.07) is 7.25. The van der Waals surface area contributed by atoms with Crippen molar-refractivity contribution in [2.45, 2.75) is 38.6 Å². The SMILES string of the molecule is CC(C)C1=CC(CCCN)(c2cccc(O)c2)N(C(=O)N(C)C)CC1. The molecule has 25 heavy (non-hydrogen) atoms. The molecule has 2 rings (SSSR count). The summed E-state index contributed by atoms with van der Waals surface area (Å²) in [6.45, 7) is 5.60. The highest BCUT2D eigenvalue weighted by Crippen LogP contribution is 2.42. The fraction of sp³-hybridized carbons (Fsp3) is 0.550. The highest BCUT2D eigenvalue weighted by atomic mass is 16.3. The van der Waals surface area contributed by atoms with E-state index in [1.54, 1.807) is 31.1 Å². The van der Waals surface area contributed by atoms with Gasteiger partial charge in [-0.1, -0.05) is 37.6 Å². The first kappa shape index (κ1) is 19.3. The normalized spacial score (nSPS) is 20.6. The molecule has 0 aromatic heterocycles. The van der Waals surface area contributed by atoms with Crippen LogP contribution in [0.3, 0.4) is 0 Å². The van der Waals surface area contributed by atoms with Gasteiger partial charge in [-0.2, -0.15) is 0 Å². The van der Waals surface area contributed by atoms with E-state index >= 15 is 0 Å². The number of urea groups is 1. The highest BCUT2D eigenvalue weighted by molar-refractivity contribution is 5.76. The third kappa shape index (κ3) is 3.98. The monoisotopic (exact) mass is 345 g/mol. The average molecular weight is 345 g/mol. The minimum atomic E-state index is -0.572. The number of aromatic hydroxyl groups is 1. The largest absolute Gasteiger partial charge is 0.508 e. The smallest absolute Gasteiger partial charge is 0.320 e. The van der Waals surface area contributed by atoms with Crippen molar-refractivity contribution in [2.75, 3.05) is 27.2 Å². The molecule has 1 aromatic carbocycles. The fourth-order valence-electron chi connectivity index (χ4n) is 3.60. The Hall–Kier alpha value is -2.01. The van der Waals surface area contributed by atoms with Crippen LogP contribution >= 0.6 is 0 Å². The molecule has 1 aliphatic heterocycles. The van der Waals surface area contributed by atoms with Crippen molar-refractivity contribution in [3.05, 3.63) is 41.5 Å². The maximum absolute atomic E-state index is 12.9. The van der Waals surface area contributed by atoms with Gasteiger partial charge in [-0.15, -0.1) is 0 Å². The molecule has 1 aliphatic rings. The summed E-state index contributed by atoms with van der Waals surface area (Å²) >= 11 is 0. The van der Waals surface area contributed by atoms with Gasteiger partial charge in [0.2, 0.25) is 0 Å². The van der Waals surface area contributed by atoms with Crippen molar-refractivity contribution >= 4 is 6.03 Å². The zero-order valence-electron chi connectivity index (χ0n) is 15.8. The van der Waals surface area contributed by atoms with Gasteiger partial charge in [-0.05, 0) is 49.4 Å². The minimum Gasteiger partial charge on any atom is -0.508 e. The predicted molar refractivity (Wildman–Crippen MR) is 101 cm³/mol. The molecule has 1 unspecified atom stereocenters. The van der Waals surface area contributed by atoms with E-state index in [1.807, 2.05) is 17.0 Å². The number of nitrogens with zero attached hydrogens (tertiary/aromatic N) is 2. The summed E-state index contributed by atoms with van der Waals surface area (Å²) in [5.41, 5.74) is 7.52. The third-order valence-electron chi connectivity index (χ3n) is 4.99. The molecule has 0 aliphatic carbocycles. The van der Waals surface area contributed by atoms with E-state index in [-0.39, 0.29) is 11.8 Å². The second-order valence-corrected chi connectivity index (χ2v) is 7.32. The van der Waals surface area contributed by atoms with Gasteiger partial charge < -0.3 is 20.6 Å². The first-order chi connectivity index (χ1) is 11.8. The van der Waals surface area contributed by atoms with E-state index in [0.29, 0.717) is 19.0 Å². The van der Waals surface area contributed by atoms with Gasteiger partial charge in [-0.25, -0.2) is 4.79 Å². The van der Waals surface area contributed by atoms with Crippen LogP contribution in [0.15, 0.2) is 35.9 Å². The van der Waals surface area contributed by atoms with Gasteiger partial charge in [0.15, 0.2) is 0 Å². The molecule has 0 spiro atoms. The number of nitrogens with two attached hydrogens (primary N) is 1. The molecule has 1 aromatic rings. The molecular weight excluding hydrogens is 314 g/mol. The lowest BCUT2D eigenvalue weighted by Crippen LogP contribution is -2.54. The van der Waals surface area contributed by atoms with E-state index in [4.69, 9.17) is 5.73 Å². The van der Waals surface area contributed by atoms with Crippen LogP contribution in [0.1, 0.15) is 38.7 Å².